The van der Waals surface area contributed by atoms with Crippen LogP contribution in [0, 0.1) is 0 Å². The third-order valence-corrected chi connectivity index (χ3v) is 8.72. The molecule has 0 aromatic carbocycles. The van der Waals surface area contributed by atoms with Crippen molar-refractivity contribution < 1.29 is 4.21 Å². The van der Waals surface area contributed by atoms with E-state index in [1.807, 2.05) is 17.6 Å². The highest BCUT2D eigenvalue weighted by molar-refractivity contribution is 14.1. The number of aromatic nitrogens is 4. The van der Waals surface area contributed by atoms with Gasteiger partial charge in [-0.3, -0.25) is 4.21 Å². The Morgan fingerprint density at radius 2 is 2.19 bits per heavy atom. The Morgan fingerprint density at radius 1 is 1.26 bits per heavy atom. The van der Waals surface area contributed by atoms with E-state index in [1.54, 1.807) is 17.5 Å². The number of anilines is 2. The summed E-state index contributed by atoms with van der Waals surface area (Å²) in [4.78, 5) is 18.7. The standard InChI is InChI=1S/C17H12IN5OS3/c18-2-1-5-27(24)17-13-12-9(10-7-19-8-21-14(10)23-13)6-11(22-16(12)26-17)15-20-3-4-25-15/h3-4,6-8H,1-2,5H2,(H,19,21,23). The fourth-order valence-corrected chi connectivity index (χ4v) is 7.26. The smallest absolute Gasteiger partial charge is 0.141 e. The van der Waals surface area contributed by atoms with Crippen molar-refractivity contribution in [1.82, 2.24) is 19.9 Å². The Balaban J connectivity index is 1.78. The molecular weight excluding hydrogens is 513 g/mol. The number of alkyl halides is 1. The average molecular weight is 525 g/mol. The van der Waals surface area contributed by atoms with E-state index < -0.39 is 10.8 Å². The number of thiophene rings is 1. The van der Waals surface area contributed by atoms with Crippen LogP contribution in [0.25, 0.3) is 32.0 Å². The van der Waals surface area contributed by atoms with Crippen molar-refractivity contribution in [2.45, 2.75) is 10.6 Å². The lowest BCUT2D eigenvalue weighted by molar-refractivity contribution is 0.683. The van der Waals surface area contributed by atoms with Crippen LogP contribution in [0.3, 0.4) is 0 Å². The third-order valence-electron chi connectivity index (χ3n) is 4.20. The maximum Gasteiger partial charge on any atom is 0.141 e. The zero-order chi connectivity index (χ0) is 18.4. The zero-order valence-electron chi connectivity index (χ0n) is 13.8. The topological polar surface area (TPSA) is 80.7 Å². The predicted molar refractivity (Wildman–Crippen MR) is 120 cm³/mol. The molecule has 5 heterocycles. The monoisotopic (exact) mass is 525 g/mol. The number of halogens is 1. The van der Waals surface area contributed by atoms with Crippen molar-refractivity contribution in [3.05, 3.63) is 30.2 Å². The largest absolute Gasteiger partial charge is 0.337 e. The van der Waals surface area contributed by atoms with Gasteiger partial charge in [-0.15, -0.1) is 22.7 Å². The van der Waals surface area contributed by atoms with Crippen LogP contribution in [0.1, 0.15) is 6.42 Å². The second-order valence-electron chi connectivity index (χ2n) is 5.84. The summed E-state index contributed by atoms with van der Waals surface area (Å²) in [7, 11) is -1.07. The minimum atomic E-state index is -1.07. The molecule has 0 radical (unpaired) electrons. The molecule has 5 rings (SSSR count). The number of nitrogens with zero attached hydrogens (tertiary/aromatic N) is 4. The van der Waals surface area contributed by atoms with Crippen molar-refractivity contribution in [3.8, 4) is 21.8 Å². The van der Waals surface area contributed by atoms with E-state index >= 15 is 0 Å². The predicted octanol–water partition coefficient (Wildman–Crippen LogP) is 4.87. The summed E-state index contributed by atoms with van der Waals surface area (Å²) < 4.78 is 14.7. The molecule has 4 aromatic heterocycles. The number of fused-ring (bicyclic) bond motifs is 2. The molecule has 4 aromatic rings. The van der Waals surface area contributed by atoms with E-state index in [9.17, 15) is 4.21 Å². The highest BCUT2D eigenvalue weighted by Gasteiger charge is 2.28. The molecule has 136 valence electrons. The van der Waals surface area contributed by atoms with Crippen molar-refractivity contribution in [2.75, 3.05) is 15.5 Å². The Morgan fingerprint density at radius 3 is 3.00 bits per heavy atom. The third kappa shape index (κ3) is 2.98. The summed E-state index contributed by atoms with van der Waals surface area (Å²) in [6.45, 7) is 0. The van der Waals surface area contributed by atoms with Crippen LogP contribution in [0.15, 0.2) is 34.4 Å². The van der Waals surface area contributed by atoms with Gasteiger partial charge >= 0.3 is 0 Å². The number of hydrogen-bond donors (Lipinski definition) is 1. The van der Waals surface area contributed by atoms with Crippen LogP contribution >= 0.6 is 45.3 Å². The Hall–Kier alpha value is -1.50. The van der Waals surface area contributed by atoms with Crippen molar-refractivity contribution in [1.29, 1.82) is 0 Å². The zero-order valence-corrected chi connectivity index (χ0v) is 18.4. The van der Waals surface area contributed by atoms with Gasteiger partial charge in [-0.2, -0.15) is 0 Å². The fourth-order valence-electron chi connectivity index (χ4n) is 3.05. The molecule has 0 bridgehead atoms. The first-order valence-corrected chi connectivity index (χ1v) is 12.7. The van der Waals surface area contributed by atoms with Gasteiger partial charge in [-0.05, 0) is 12.5 Å². The van der Waals surface area contributed by atoms with Crippen LogP contribution in [-0.2, 0) is 10.8 Å². The molecule has 1 aliphatic rings. The van der Waals surface area contributed by atoms with Gasteiger partial charge in [-0.1, -0.05) is 22.6 Å². The van der Waals surface area contributed by atoms with Crippen LogP contribution in [0.4, 0.5) is 11.5 Å². The first-order valence-electron chi connectivity index (χ1n) is 8.15. The fraction of sp³-hybridized carbons (Fsp3) is 0.176. The van der Waals surface area contributed by atoms with E-state index in [0.717, 1.165) is 58.6 Å². The van der Waals surface area contributed by atoms with Crippen molar-refractivity contribution in [3.63, 3.8) is 0 Å². The number of pyridine rings is 1. The molecule has 0 spiro atoms. The minimum absolute atomic E-state index is 0.649. The summed E-state index contributed by atoms with van der Waals surface area (Å²) in [5, 5.41) is 7.19. The van der Waals surface area contributed by atoms with E-state index in [-0.39, 0.29) is 0 Å². The molecule has 6 nitrogen and oxygen atoms in total. The molecule has 1 atom stereocenters. The van der Waals surface area contributed by atoms with E-state index in [2.05, 4.69) is 42.9 Å². The van der Waals surface area contributed by atoms with Gasteiger partial charge in [0, 0.05) is 44.5 Å². The molecule has 0 aliphatic carbocycles. The Kier molecular flexibility index (Phi) is 4.66. The molecule has 0 saturated heterocycles. The summed E-state index contributed by atoms with van der Waals surface area (Å²) in [6, 6.07) is 2.04. The first-order chi connectivity index (χ1) is 13.3. The van der Waals surface area contributed by atoms with E-state index in [1.165, 1.54) is 17.7 Å². The molecule has 0 amide bonds. The SMILES string of the molecule is O=S(CCCI)c1sc2nc(-c3nccs3)cc3c2c1Nc1ncncc1-3. The van der Waals surface area contributed by atoms with Gasteiger partial charge in [0.25, 0.3) is 0 Å². The van der Waals surface area contributed by atoms with Gasteiger partial charge in [-0.25, -0.2) is 19.9 Å². The first kappa shape index (κ1) is 17.6. The van der Waals surface area contributed by atoms with Gasteiger partial charge < -0.3 is 5.32 Å². The molecule has 10 heteroatoms. The molecule has 0 fully saturated rings. The second-order valence-corrected chi connectivity index (χ2v) is 10.6. The van der Waals surface area contributed by atoms with Crippen LogP contribution in [0.2, 0.25) is 0 Å². The lowest BCUT2D eigenvalue weighted by atomic mass is 10.0. The van der Waals surface area contributed by atoms with Crippen molar-refractivity contribution in [2.24, 2.45) is 0 Å². The van der Waals surface area contributed by atoms with Gasteiger partial charge in [0.2, 0.25) is 0 Å². The average Bonchev–Trinajstić information content (AvgIpc) is 3.35. The molecule has 1 aliphatic heterocycles. The maximum absolute atomic E-state index is 12.9. The number of rotatable bonds is 5. The summed E-state index contributed by atoms with van der Waals surface area (Å²) in [6.07, 6.45) is 6.03. The Bertz CT molecular complexity index is 1180. The van der Waals surface area contributed by atoms with E-state index in [0.29, 0.717) is 5.75 Å². The van der Waals surface area contributed by atoms with E-state index in [4.69, 9.17) is 4.98 Å². The molecule has 27 heavy (non-hydrogen) atoms. The lowest BCUT2D eigenvalue weighted by Gasteiger charge is -2.18. The van der Waals surface area contributed by atoms with Gasteiger partial charge in [0.1, 0.15) is 31.9 Å². The highest BCUT2D eigenvalue weighted by Crippen LogP contribution is 2.49. The van der Waals surface area contributed by atoms with Gasteiger partial charge in [0.15, 0.2) is 0 Å². The summed E-state index contributed by atoms with van der Waals surface area (Å²) in [5.41, 5.74) is 3.64. The molecule has 1 unspecified atom stereocenters. The van der Waals surface area contributed by atoms with Crippen LogP contribution in [-0.4, -0.2) is 34.3 Å². The molecule has 0 saturated carbocycles. The summed E-state index contributed by atoms with van der Waals surface area (Å²) >= 11 is 5.37. The van der Waals surface area contributed by atoms with Crippen LogP contribution < -0.4 is 5.32 Å². The second kappa shape index (κ2) is 7.15. The van der Waals surface area contributed by atoms with Crippen molar-refractivity contribution >= 4 is 77.8 Å². The van der Waals surface area contributed by atoms with Crippen LogP contribution in [0.5, 0.6) is 0 Å². The Labute approximate surface area is 179 Å². The number of nitrogens with one attached hydrogen (secondary N) is 1. The number of thiazole rings is 1. The highest BCUT2D eigenvalue weighted by atomic mass is 127. The van der Waals surface area contributed by atoms with Gasteiger partial charge in [0.05, 0.1) is 16.5 Å². The maximum atomic E-state index is 12.9. The minimum Gasteiger partial charge on any atom is -0.337 e. The quantitative estimate of drug-likeness (QED) is 0.261. The lowest BCUT2D eigenvalue weighted by Crippen LogP contribution is -2.06. The number of hydrogen-bond acceptors (Lipinski definition) is 8. The molecule has 1 N–H and O–H groups in total. The summed E-state index contributed by atoms with van der Waals surface area (Å²) in [5.74, 6) is 1.39. The molecular formula is C17H12IN5OS3. The normalized spacial score (nSPS) is 13.4.